The molecule has 0 radical (unpaired) electrons. The predicted octanol–water partition coefficient (Wildman–Crippen LogP) is 3.17. The highest BCUT2D eigenvalue weighted by atomic mass is 16.4. The van der Waals surface area contributed by atoms with Crippen molar-refractivity contribution in [2.75, 3.05) is 0 Å². The summed E-state index contributed by atoms with van der Waals surface area (Å²) in [5, 5.41) is 28.6. The molecule has 3 atom stereocenters. The maximum absolute atomic E-state index is 12.1. The molecule has 0 heterocycles. The van der Waals surface area contributed by atoms with Gasteiger partial charge in [-0.3, -0.25) is 9.59 Å². The molecule has 140 valence electrons. The molecule has 0 aliphatic heterocycles. The van der Waals surface area contributed by atoms with Crippen molar-refractivity contribution in [3.8, 4) is 0 Å². The van der Waals surface area contributed by atoms with Gasteiger partial charge in [0.05, 0.1) is 12.2 Å². The van der Waals surface area contributed by atoms with E-state index in [-0.39, 0.29) is 24.5 Å². The zero-order valence-electron chi connectivity index (χ0n) is 14.9. The third-order valence-electron chi connectivity index (χ3n) is 4.32. The molecule has 3 unspecified atom stereocenters. The van der Waals surface area contributed by atoms with E-state index in [2.05, 4.69) is 0 Å². The molecular weight excluding hydrogens is 320 g/mol. The number of aliphatic hydroxyl groups excluding tert-OH is 2. The number of carboxylic acids is 1. The van der Waals surface area contributed by atoms with Crippen LogP contribution in [0.3, 0.4) is 0 Å². The number of aliphatic carboxylic acids is 1. The molecule has 1 saturated carbocycles. The van der Waals surface area contributed by atoms with Gasteiger partial charge in [0.2, 0.25) is 0 Å². The van der Waals surface area contributed by atoms with Crippen molar-refractivity contribution in [1.82, 2.24) is 0 Å². The minimum Gasteiger partial charge on any atom is -0.481 e. The molecule has 0 aromatic carbocycles. The lowest BCUT2D eigenvalue weighted by molar-refractivity contribution is -0.137. The van der Waals surface area contributed by atoms with Crippen LogP contribution in [0.2, 0.25) is 0 Å². The highest BCUT2D eigenvalue weighted by Crippen LogP contribution is 2.32. The summed E-state index contributed by atoms with van der Waals surface area (Å²) in [6.45, 7) is 2.03. The van der Waals surface area contributed by atoms with Crippen molar-refractivity contribution in [3.63, 3.8) is 0 Å². The molecule has 1 fully saturated rings. The van der Waals surface area contributed by atoms with E-state index >= 15 is 0 Å². The Hall–Kier alpha value is -1.72. The quantitative estimate of drug-likeness (QED) is 0.302. The van der Waals surface area contributed by atoms with Crippen LogP contribution in [0, 0.1) is 5.92 Å². The fraction of sp³-hybridized carbons (Fsp3) is 0.600. The smallest absolute Gasteiger partial charge is 0.303 e. The van der Waals surface area contributed by atoms with Gasteiger partial charge in [-0.2, -0.15) is 0 Å². The number of hydrogen-bond donors (Lipinski definition) is 3. The van der Waals surface area contributed by atoms with E-state index < -0.39 is 18.2 Å². The van der Waals surface area contributed by atoms with Crippen molar-refractivity contribution in [2.45, 2.75) is 70.5 Å². The second-order valence-corrected chi connectivity index (χ2v) is 6.46. The number of hydrogen-bond acceptors (Lipinski definition) is 4. The molecule has 5 nitrogen and oxygen atoms in total. The zero-order valence-corrected chi connectivity index (χ0v) is 14.9. The summed E-state index contributed by atoms with van der Waals surface area (Å²) in [4.78, 5) is 22.5. The van der Waals surface area contributed by atoms with Gasteiger partial charge in [-0.25, -0.2) is 0 Å². The van der Waals surface area contributed by atoms with Crippen LogP contribution in [0.1, 0.15) is 58.3 Å². The highest BCUT2D eigenvalue weighted by molar-refractivity contribution is 5.98. The Labute approximate surface area is 149 Å². The van der Waals surface area contributed by atoms with Gasteiger partial charge in [0.15, 0.2) is 5.78 Å². The third-order valence-corrected chi connectivity index (χ3v) is 4.32. The average Bonchev–Trinajstić information content (AvgIpc) is 2.82. The molecular formula is C20H30O5. The molecule has 0 bridgehead atoms. The summed E-state index contributed by atoms with van der Waals surface area (Å²) in [6.07, 6.45) is 12.3. The molecule has 0 spiro atoms. The van der Waals surface area contributed by atoms with Crippen LogP contribution in [0.15, 0.2) is 36.0 Å². The Morgan fingerprint density at radius 1 is 1.24 bits per heavy atom. The Kier molecular flexibility index (Phi) is 10.0. The fourth-order valence-electron chi connectivity index (χ4n) is 2.92. The molecule has 0 aromatic rings. The van der Waals surface area contributed by atoms with Gasteiger partial charge in [-0.1, -0.05) is 37.3 Å². The Morgan fingerprint density at radius 3 is 2.68 bits per heavy atom. The number of ketones is 1. The Balaban J connectivity index is 2.53. The topological polar surface area (TPSA) is 94.8 Å². The Bertz CT molecular complexity index is 518. The summed E-state index contributed by atoms with van der Waals surface area (Å²) in [5.74, 6) is -1.09. The van der Waals surface area contributed by atoms with E-state index in [1.807, 2.05) is 31.2 Å². The van der Waals surface area contributed by atoms with Gasteiger partial charge in [0.1, 0.15) is 0 Å². The highest BCUT2D eigenvalue weighted by Gasteiger charge is 2.35. The van der Waals surface area contributed by atoms with Crippen LogP contribution in [0.4, 0.5) is 0 Å². The van der Waals surface area contributed by atoms with Crippen molar-refractivity contribution in [1.29, 1.82) is 0 Å². The van der Waals surface area contributed by atoms with Crippen LogP contribution >= 0.6 is 0 Å². The minimum absolute atomic E-state index is 0.0481. The van der Waals surface area contributed by atoms with Gasteiger partial charge in [-0.05, 0) is 44.1 Å². The fourth-order valence-corrected chi connectivity index (χ4v) is 2.92. The number of unbranched alkanes of at least 4 members (excludes halogenated alkanes) is 1. The Morgan fingerprint density at radius 2 is 2.00 bits per heavy atom. The molecule has 0 saturated heterocycles. The first-order valence-corrected chi connectivity index (χ1v) is 9.06. The number of allylic oxidation sites excluding steroid dienone is 3. The molecule has 1 rings (SSSR count). The van der Waals surface area contributed by atoms with E-state index in [1.165, 1.54) is 0 Å². The lowest BCUT2D eigenvalue weighted by Crippen LogP contribution is -2.14. The molecule has 0 amide bonds. The first kappa shape index (κ1) is 21.3. The van der Waals surface area contributed by atoms with Crippen molar-refractivity contribution < 1.29 is 24.9 Å². The molecule has 25 heavy (non-hydrogen) atoms. The summed E-state index contributed by atoms with van der Waals surface area (Å²) in [5.41, 5.74) is 0.612. The monoisotopic (exact) mass is 350 g/mol. The van der Waals surface area contributed by atoms with Crippen LogP contribution < -0.4 is 0 Å². The van der Waals surface area contributed by atoms with E-state index in [1.54, 1.807) is 6.08 Å². The summed E-state index contributed by atoms with van der Waals surface area (Å²) in [7, 11) is 0. The first-order chi connectivity index (χ1) is 12.0. The second-order valence-electron chi connectivity index (χ2n) is 6.46. The lowest BCUT2D eigenvalue weighted by Gasteiger charge is -2.13. The number of carbonyl (C=O) groups is 2. The van der Waals surface area contributed by atoms with Crippen LogP contribution in [-0.4, -0.2) is 39.3 Å². The molecule has 5 heteroatoms. The van der Waals surface area contributed by atoms with E-state index in [0.717, 1.165) is 6.42 Å². The van der Waals surface area contributed by atoms with E-state index in [0.29, 0.717) is 37.7 Å². The number of carbonyl (C=O) groups excluding carboxylic acids is 1. The molecule has 1 aliphatic carbocycles. The largest absolute Gasteiger partial charge is 0.481 e. The first-order valence-electron chi connectivity index (χ1n) is 9.06. The number of rotatable bonds is 11. The van der Waals surface area contributed by atoms with Crippen LogP contribution in [0.5, 0.6) is 0 Å². The average molecular weight is 350 g/mol. The SMILES string of the molecule is CCC=CCC(O)CC=C1C(=O)CC(O)C1CC=CCCCC(=O)O. The van der Waals surface area contributed by atoms with Crippen molar-refractivity contribution >= 4 is 11.8 Å². The number of carboxylic acid groups (broad SMARTS) is 1. The number of aliphatic hydroxyl groups is 2. The van der Waals surface area contributed by atoms with Gasteiger partial charge in [-0.15, -0.1) is 0 Å². The molecule has 3 N–H and O–H groups in total. The summed E-state index contributed by atoms with van der Waals surface area (Å²) < 4.78 is 0. The summed E-state index contributed by atoms with van der Waals surface area (Å²) >= 11 is 0. The maximum Gasteiger partial charge on any atom is 0.303 e. The van der Waals surface area contributed by atoms with Crippen molar-refractivity contribution in [2.24, 2.45) is 5.92 Å². The van der Waals surface area contributed by atoms with Crippen LogP contribution in [-0.2, 0) is 9.59 Å². The van der Waals surface area contributed by atoms with Crippen molar-refractivity contribution in [3.05, 3.63) is 36.0 Å². The van der Waals surface area contributed by atoms with Gasteiger partial charge in [0.25, 0.3) is 0 Å². The zero-order chi connectivity index (χ0) is 18.7. The van der Waals surface area contributed by atoms with E-state index in [4.69, 9.17) is 5.11 Å². The molecule has 0 aromatic heterocycles. The maximum atomic E-state index is 12.1. The normalized spacial score (nSPS) is 24.0. The van der Waals surface area contributed by atoms with E-state index in [9.17, 15) is 19.8 Å². The van der Waals surface area contributed by atoms with Crippen LogP contribution in [0.25, 0.3) is 0 Å². The molecule has 1 aliphatic rings. The standard InChI is InChI=1S/C20H30O5/c1-2-3-6-9-15(21)12-13-17-16(18(22)14-19(17)23)10-7-4-5-8-11-20(24)25/h3-4,6-7,13,15-16,18,21-22H,2,5,8-12,14H2,1H3,(H,24,25). The van der Waals surface area contributed by atoms with Gasteiger partial charge >= 0.3 is 5.97 Å². The summed E-state index contributed by atoms with van der Waals surface area (Å²) in [6, 6.07) is 0. The minimum atomic E-state index is -0.803. The predicted molar refractivity (Wildman–Crippen MR) is 97.1 cm³/mol. The third kappa shape index (κ3) is 8.27. The van der Waals surface area contributed by atoms with Gasteiger partial charge in [0, 0.05) is 18.8 Å². The second kappa shape index (κ2) is 11.8. The lowest BCUT2D eigenvalue weighted by atomic mass is 9.94. The van der Waals surface area contributed by atoms with Gasteiger partial charge < -0.3 is 15.3 Å². The number of Topliss-reactive ketones (excluding diaryl/α,β-unsaturated/α-hetero) is 1.